The zero-order chi connectivity index (χ0) is 15.2. The largest absolute Gasteiger partial charge is 0.417 e. The number of carbonyl (C=O) groups is 1. The van der Waals surface area contributed by atoms with Gasteiger partial charge in [0.1, 0.15) is 4.83 Å². The van der Waals surface area contributed by atoms with Gasteiger partial charge in [-0.1, -0.05) is 6.92 Å². The monoisotopic (exact) mass is 302 g/mol. The van der Waals surface area contributed by atoms with E-state index in [2.05, 4.69) is 4.98 Å². The van der Waals surface area contributed by atoms with Crippen LogP contribution in [0.2, 0.25) is 0 Å². The minimum Gasteiger partial charge on any atom is -0.397 e. The van der Waals surface area contributed by atoms with Crippen molar-refractivity contribution >= 4 is 33.0 Å². The van der Waals surface area contributed by atoms with Crippen molar-refractivity contribution in [3.05, 3.63) is 21.7 Å². The number of rotatable bonds is 2. The van der Waals surface area contributed by atoms with Crippen LogP contribution in [-0.4, -0.2) is 10.8 Å². The molecule has 0 aromatic carbocycles. The van der Waals surface area contributed by atoms with Crippen molar-refractivity contribution in [3.8, 4) is 0 Å². The summed E-state index contributed by atoms with van der Waals surface area (Å²) in [5.41, 5.74) is 5.30. The van der Waals surface area contributed by atoms with Gasteiger partial charge in [0.2, 0.25) is 0 Å². The SMILES string of the molecule is CCc1nc2sc(C(C)=O)c(N)c2c(C(F)(F)F)c1C. The maximum absolute atomic E-state index is 13.3. The van der Waals surface area contributed by atoms with Gasteiger partial charge in [-0.2, -0.15) is 13.2 Å². The Balaban J connectivity index is 2.99. The second-order valence-electron chi connectivity index (χ2n) is 4.49. The Morgan fingerprint density at radius 1 is 1.40 bits per heavy atom. The number of thiophene rings is 1. The minimum absolute atomic E-state index is 0.0760. The fourth-order valence-corrected chi connectivity index (χ4v) is 3.27. The van der Waals surface area contributed by atoms with Crippen molar-refractivity contribution in [3.63, 3.8) is 0 Å². The lowest BCUT2D eigenvalue weighted by atomic mass is 10.0. The number of nitrogens with zero attached hydrogens (tertiary/aromatic N) is 1. The Kier molecular flexibility index (Phi) is 3.49. The Bertz CT molecular complexity index is 704. The highest BCUT2D eigenvalue weighted by Crippen LogP contribution is 2.44. The van der Waals surface area contributed by atoms with Crippen LogP contribution < -0.4 is 5.73 Å². The highest BCUT2D eigenvalue weighted by atomic mass is 32.1. The normalized spacial score (nSPS) is 12.1. The van der Waals surface area contributed by atoms with Gasteiger partial charge < -0.3 is 5.73 Å². The molecule has 0 unspecified atom stereocenters. The number of fused-ring (bicyclic) bond motifs is 1. The number of nitrogens with two attached hydrogens (primary N) is 1. The summed E-state index contributed by atoms with van der Waals surface area (Å²) in [5, 5.41) is -0.151. The highest BCUT2D eigenvalue weighted by Gasteiger charge is 2.38. The molecule has 0 aliphatic rings. The van der Waals surface area contributed by atoms with Crippen LogP contribution in [0.5, 0.6) is 0 Å². The first kappa shape index (κ1) is 14.8. The summed E-state index contributed by atoms with van der Waals surface area (Å²) < 4.78 is 40.0. The number of hydrogen-bond donors (Lipinski definition) is 1. The fraction of sp³-hybridized carbons (Fsp3) is 0.385. The summed E-state index contributed by atoms with van der Waals surface area (Å²) in [5.74, 6) is -0.352. The van der Waals surface area contributed by atoms with Crippen molar-refractivity contribution < 1.29 is 18.0 Å². The summed E-state index contributed by atoms with van der Waals surface area (Å²) in [6.45, 7) is 4.41. The Morgan fingerprint density at radius 3 is 2.45 bits per heavy atom. The van der Waals surface area contributed by atoms with E-state index in [4.69, 9.17) is 5.73 Å². The summed E-state index contributed by atoms with van der Waals surface area (Å²) in [4.78, 5) is 16.0. The minimum atomic E-state index is -4.53. The van der Waals surface area contributed by atoms with E-state index >= 15 is 0 Å². The molecule has 2 aromatic heterocycles. The van der Waals surface area contributed by atoms with Crippen LogP contribution in [0.15, 0.2) is 0 Å². The van der Waals surface area contributed by atoms with Crippen molar-refractivity contribution in [1.29, 1.82) is 0 Å². The first-order chi connectivity index (χ1) is 9.18. The predicted octanol–water partition coefficient (Wildman–Crippen LogP) is 3.97. The van der Waals surface area contributed by atoms with Crippen LogP contribution in [0, 0.1) is 6.92 Å². The van der Waals surface area contributed by atoms with E-state index in [0.717, 1.165) is 11.3 Å². The maximum atomic E-state index is 13.3. The lowest BCUT2D eigenvalue weighted by molar-refractivity contribution is -0.136. The second-order valence-corrected chi connectivity index (χ2v) is 5.49. The van der Waals surface area contributed by atoms with E-state index in [1.165, 1.54) is 13.8 Å². The van der Waals surface area contributed by atoms with Crippen LogP contribution in [-0.2, 0) is 12.6 Å². The molecule has 0 radical (unpaired) electrons. The molecule has 0 bridgehead atoms. The average Bonchev–Trinajstić information content (AvgIpc) is 2.64. The third-order valence-electron chi connectivity index (χ3n) is 3.16. The van der Waals surface area contributed by atoms with Crippen molar-refractivity contribution in [2.75, 3.05) is 5.73 Å². The lowest BCUT2D eigenvalue weighted by Gasteiger charge is -2.14. The zero-order valence-electron chi connectivity index (χ0n) is 11.2. The van der Waals surface area contributed by atoms with Gasteiger partial charge in [0.15, 0.2) is 5.78 Å². The number of Topliss-reactive ketones (excluding diaryl/α,β-unsaturated/α-hetero) is 1. The van der Waals surface area contributed by atoms with Crippen LogP contribution in [0.3, 0.4) is 0 Å². The van der Waals surface area contributed by atoms with Gasteiger partial charge in [-0.05, 0) is 18.9 Å². The number of ketones is 1. The van der Waals surface area contributed by atoms with Crippen LogP contribution in [0.25, 0.3) is 10.2 Å². The third-order valence-corrected chi connectivity index (χ3v) is 4.36. The van der Waals surface area contributed by atoms with Crippen LogP contribution in [0.1, 0.15) is 40.3 Å². The van der Waals surface area contributed by atoms with E-state index in [1.807, 2.05) is 0 Å². The Labute approximate surface area is 117 Å². The molecule has 0 amide bonds. The number of pyridine rings is 1. The van der Waals surface area contributed by atoms with Crippen LogP contribution in [0.4, 0.5) is 18.9 Å². The van der Waals surface area contributed by atoms with Gasteiger partial charge in [0.05, 0.1) is 16.1 Å². The number of carbonyl (C=O) groups excluding carboxylic acids is 1. The molecule has 0 aliphatic heterocycles. The first-order valence-electron chi connectivity index (χ1n) is 5.98. The number of hydrogen-bond acceptors (Lipinski definition) is 4. The molecule has 0 aliphatic carbocycles. The molecule has 3 nitrogen and oxygen atoms in total. The third kappa shape index (κ3) is 2.15. The molecule has 7 heteroatoms. The van der Waals surface area contributed by atoms with E-state index in [9.17, 15) is 18.0 Å². The number of nitrogen functional groups attached to an aromatic ring is 1. The molecule has 2 heterocycles. The molecule has 108 valence electrons. The van der Waals surface area contributed by atoms with Crippen LogP contribution >= 0.6 is 11.3 Å². The molecule has 2 N–H and O–H groups in total. The number of anilines is 1. The quantitative estimate of drug-likeness (QED) is 0.854. The molecule has 20 heavy (non-hydrogen) atoms. The fourth-order valence-electron chi connectivity index (χ4n) is 2.25. The van der Waals surface area contributed by atoms with E-state index in [1.54, 1.807) is 6.92 Å². The van der Waals surface area contributed by atoms with E-state index in [0.29, 0.717) is 12.1 Å². The molecule has 0 fully saturated rings. The molecule has 0 saturated heterocycles. The summed E-state index contributed by atoms with van der Waals surface area (Å²) in [6, 6.07) is 0. The number of alkyl halides is 3. The van der Waals surface area contributed by atoms with Gasteiger partial charge in [-0.15, -0.1) is 11.3 Å². The Morgan fingerprint density at radius 2 is 2.00 bits per heavy atom. The van der Waals surface area contributed by atoms with Gasteiger partial charge >= 0.3 is 6.18 Å². The van der Waals surface area contributed by atoms with E-state index in [-0.39, 0.29) is 32.1 Å². The highest BCUT2D eigenvalue weighted by molar-refractivity contribution is 7.21. The molecule has 0 saturated carbocycles. The predicted molar refractivity (Wildman–Crippen MR) is 73.2 cm³/mol. The summed E-state index contributed by atoms with van der Waals surface area (Å²) in [6.07, 6.45) is -4.14. The smallest absolute Gasteiger partial charge is 0.397 e. The Hall–Kier alpha value is -1.63. The van der Waals surface area contributed by atoms with E-state index < -0.39 is 11.7 Å². The molecule has 2 rings (SSSR count). The van der Waals surface area contributed by atoms with Gasteiger partial charge in [0, 0.05) is 18.0 Å². The molecule has 0 atom stereocenters. The van der Waals surface area contributed by atoms with Crippen molar-refractivity contribution in [2.45, 2.75) is 33.4 Å². The number of aromatic nitrogens is 1. The second kappa shape index (κ2) is 4.73. The lowest BCUT2D eigenvalue weighted by Crippen LogP contribution is -2.12. The molecular formula is C13H13F3N2OS. The topological polar surface area (TPSA) is 56.0 Å². The standard InChI is InChI=1S/C13H13F3N2OS/c1-4-7-5(2)9(13(14,15)16)8-10(17)11(6(3)19)20-12(8)18-7/h4,17H2,1-3H3. The van der Waals surface area contributed by atoms with Gasteiger partial charge in [-0.25, -0.2) is 4.98 Å². The first-order valence-corrected chi connectivity index (χ1v) is 6.79. The number of aryl methyl sites for hydroxylation is 1. The molecular weight excluding hydrogens is 289 g/mol. The summed E-state index contributed by atoms with van der Waals surface area (Å²) in [7, 11) is 0. The van der Waals surface area contributed by atoms with Crippen molar-refractivity contribution in [1.82, 2.24) is 4.98 Å². The molecule has 0 spiro atoms. The van der Waals surface area contributed by atoms with Gasteiger partial charge in [0.25, 0.3) is 0 Å². The average molecular weight is 302 g/mol. The summed E-state index contributed by atoms with van der Waals surface area (Å²) >= 11 is 0.915. The number of halogens is 3. The molecule has 2 aromatic rings. The van der Waals surface area contributed by atoms with Crippen molar-refractivity contribution in [2.24, 2.45) is 0 Å². The maximum Gasteiger partial charge on any atom is 0.417 e. The van der Waals surface area contributed by atoms with Gasteiger partial charge in [-0.3, -0.25) is 4.79 Å². The zero-order valence-corrected chi connectivity index (χ0v) is 12.0.